The number of anilines is 1. The smallest absolute Gasteiger partial charge is 0.319 e. The second-order valence-electron chi connectivity index (χ2n) is 4.89. The first-order valence-corrected chi connectivity index (χ1v) is 8.09. The summed E-state index contributed by atoms with van der Waals surface area (Å²) in [4.78, 5) is 11.7. The lowest BCUT2D eigenvalue weighted by molar-refractivity contribution is 0.251. The third-order valence-electron chi connectivity index (χ3n) is 2.51. The van der Waals surface area contributed by atoms with Crippen LogP contribution in [0.1, 0.15) is 13.8 Å². The Hall–Kier alpha value is -1.86. The Labute approximate surface area is 125 Å². The number of nitrogens with one attached hydrogen (secondary N) is 3. The Morgan fingerprint density at radius 1 is 1.29 bits per heavy atom. The van der Waals surface area contributed by atoms with Crippen LogP contribution >= 0.6 is 0 Å². The van der Waals surface area contributed by atoms with E-state index in [-0.39, 0.29) is 17.5 Å². The van der Waals surface area contributed by atoms with Crippen LogP contribution in [0.4, 0.5) is 10.5 Å². The van der Waals surface area contributed by atoms with Crippen molar-refractivity contribution in [3.05, 3.63) is 36.9 Å². The van der Waals surface area contributed by atoms with E-state index in [1.54, 1.807) is 0 Å². The van der Waals surface area contributed by atoms with Crippen molar-refractivity contribution >= 4 is 21.7 Å². The van der Waals surface area contributed by atoms with Crippen molar-refractivity contribution in [3.8, 4) is 0 Å². The van der Waals surface area contributed by atoms with E-state index in [0.717, 1.165) is 0 Å². The molecule has 0 aliphatic rings. The molecule has 7 heteroatoms. The van der Waals surface area contributed by atoms with Crippen molar-refractivity contribution in [2.24, 2.45) is 5.92 Å². The summed E-state index contributed by atoms with van der Waals surface area (Å²) in [5.41, 5.74) is 0.527. The largest absolute Gasteiger partial charge is 0.338 e. The number of carbonyl (C=O) groups is 1. The predicted molar refractivity (Wildman–Crippen MR) is 83.7 cm³/mol. The molecule has 0 fully saturated rings. The number of amides is 2. The van der Waals surface area contributed by atoms with E-state index in [4.69, 9.17) is 0 Å². The maximum atomic E-state index is 11.8. The number of rotatable bonds is 7. The van der Waals surface area contributed by atoms with Crippen LogP contribution in [-0.2, 0) is 10.0 Å². The predicted octanol–water partition coefficient (Wildman–Crippen LogP) is 1.93. The maximum Gasteiger partial charge on any atom is 0.319 e. The van der Waals surface area contributed by atoms with Crippen LogP contribution in [0.25, 0.3) is 0 Å². The highest BCUT2D eigenvalue weighted by molar-refractivity contribution is 7.89. The minimum absolute atomic E-state index is 0.137. The fraction of sp³-hybridized carbons (Fsp3) is 0.357. The van der Waals surface area contributed by atoms with E-state index in [1.807, 2.05) is 13.8 Å². The van der Waals surface area contributed by atoms with Crippen molar-refractivity contribution < 1.29 is 13.2 Å². The molecule has 0 unspecified atom stereocenters. The Bertz CT molecular complexity index is 580. The molecule has 0 saturated carbocycles. The van der Waals surface area contributed by atoms with Gasteiger partial charge in [0.05, 0.1) is 4.90 Å². The van der Waals surface area contributed by atoms with Gasteiger partial charge in [-0.3, -0.25) is 0 Å². The van der Waals surface area contributed by atoms with Crippen LogP contribution in [0, 0.1) is 5.92 Å². The molecular weight excluding hydrogens is 290 g/mol. The van der Waals surface area contributed by atoms with Crippen LogP contribution < -0.4 is 15.4 Å². The normalized spacial score (nSPS) is 11.2. The second-order valence-corrected chi connectivity index (χ2v) is 6.66. The molecule has 0 heterocycles. The van der Waals surface area contributed by atoms with Crippen LogP contribution in [0.2, 0.25) is 0 Å². The van der Waals surface area contributed by atoms with Crippen LogP contribution in [-0.4, -0.2) is 27.5 Å². The van der Waals surface area contributed by atoms with E-state index in [1.165, 1.54) is 30.3 Å². The van der Waals surface area contributed by atoms with E-state index in [9.17, 15) is 13.2 Å². The highest BCUT2D eigenvalue weighted by Crippen LogP contribution is 2.13. The maximum absolute atomic E-state index is 11.8. The van der Waals surface area contributed by atoms with Gasteiger partial charge in [-0.25, -0.2) is 17.9 Å². The lowest BCUT2D eigenvalue weighted by Gasteiger charge is -2.10. The van der Waals surface area contributed by atoms with Crippen LogP contribution in [0.5, 0.6) is 0 Å². The zero-order valence-corrected chi connectivity index (χ0v) is 13.0. The third-order valence-corrected chi connectivity index (χ3v) is 3.95. The number of hydrogen-bond acceptors (Lipinski definition) is 3. The summed E-state index contributed by atoms with van der Waals surface area (Å²) in [6.45, 7) is 8.18. The summed E-state index contributed by atoms with van der Waals surface area (Å²) in [7, 11) is -3.54. The molecular formula is C14H21N3O3S. The molecule has 0 atom stereocenters. The van der Waals surface area contributed by atoms with Crippen LogP contribution in [0.3, 0.4) is 0 Å². The Balaban J connectivity index is 2.66. The summed E-state index contributed by atoms with van der Waals surface area (Å²) in [5.74, 6) is 0.360. The van der Waals surface area contributed by atoms with Crippen molar-refractivity contribution in [2.75, 3.05) is 18.4 Å². The summed E-state index contributed by atoms with van der Waals surface area (Å²) in [6.07, 6.45) is 1.46. The quantitative estimate of drug-likeness (QED) is 0.672. The van der Waals surface area contributed by atoms with E-state index in [2.05, 4.69) is 21.9 Å². The fourth-order valence-corrected chi connectivity index (χ4v) is 2.44. The average Bonchev–Trinajstić information content (AvgIpc) is 2.43. The molecule has 0 saturated heterocycles. The second kappa shape index (κ2) is 7.80. The summed E-state index contributed by atoms with van der Waals surface area (Å²) < 4.78 is 26.1. The monoisotopic (exact) mass is 311 g/mol. The van der Waals surface area contributed by atoms with Crippen molar-refractivity contribution in [3.63, 3.8) is 0 Å². The van der Waals surface area contributed by atoms with E-state index in [0.29, 0.717) is 18.2 Å². The zero-order valence-electron chi connectivity index (χ0n) is 12.2. The van der Waals surface area contributed by atoms with Crippen molar-refractivity contribution in [1.82, 2.24) is 10.0 Å². The minimum atomic E-state index is -3.54. The number of carbonyl (C=O) groups excluding carboxylic acids is 1. The van der Waals surface area contributed by atoms with Crippen molar-refractivity contribution in [2.45, 2.75) is 18.7 Å². The summed E-state index contributed by atoms with van der Waals surface area (Å²) >= 11 is 0. The van der Waals surface area contributed by atoms with Gasteiger partial charge in [-0.1, -0.05) is 19.9 Å². The SMILES string of the molecule is C=CCNS(=O)(=O)c1ccc(NC(=O)NCC(C)C)cc1. The first kappa shape index (κ1) is 17.2. The molecule has 1 rings (SSSR count). The van der Waals surface area contributed by atoms with E-state index >= 15 is 0 Å². The molecule has 0 aliphatic heterocycles. The number of sulfonamides is 1. The Kier molecular flexibility index (Phi) is 6.39. The molecule has 1 aromatic rings. The minimum Gasteiger partial charge on any atom is -0.338 e. The molecule has 0 aliphatic carbocycles. The standard InChI is InChI=1S/C14H21N3O3S/c1-4-9-16-21(19,20)13-7-5-12(6-8-13)17-14(18)15-10-11(2)3/h4-8,11,16H,1,9-10H2,2-3H3,(H2,15,17,18). The average molecular weight is 311 g/mol. The molecule has 0 radical (unpaired) electrons. The van der Waals surface area contributed by atoms with Gasteiger partial charge in [0.1, 0.15) is 0 Å². The van der Waals surface area contributed by atoms with Gasteiger partial charge in [-0.05, 0) is 30.2 Å². The molecule has 21 heavy (non-hydrogen) atoms. The summed E-state index contributed by atoms with van der Waals surface area (Å²) in [6, 6.07) is 5.63. The van der Waals surface area contributed by atoms with Crippen LogP contribution in [0.15, 0.2) is 41.8 Å². The third kappa shape index (κ3) is 5.97. The highest BCUT2D eigenvalue weighted by Gasteiger charge is 2.12. The van der Waals surface area contributed by atoms with E-state index < -0.39 is 10.0 Å². The lowest BCUT2D eigenvalue weighted by Crippen LogP contribution is -2.31. The molecule has 0 aromatic heterocycles. The molecule has 3 N–H and O–H groups in total. The first-order chi connectivity index (χ1) is 9.85. The van der Waals surface area contributed by atoms with Gasteiger partial charge in [0.2, 0.25) is 10.0 Å². The van der Waals surface area contributed by atoms with Gasteiger partial charge in [0.25, 0.3) is 0 Å². The highest BCUT2D eigenvalue weighted by atomic mass is 32.2. The lowest BCUT2D eigenvalue weighted by atomic mass is 10.2. The number of hydrogen-bond donors (Lipinski definition) is 3. The van der Waals surface area contributed by atoms with Gasteiger partial charge in [-0.2, -0.15) is 0 Å². The van der Waals surface area contributed by atoms with Gasteiger partial charge >= 0.3 is 6.03 Å². The van der Waals surface area contributed by atoms with Gasteiger partial charge in [-0.15, -0.1) is 6.58 Å². The number of benzene rings is 1. The molecule has 0 spiro atoms. The molecule has 1 aromatic carbocycles. The van der Waals surface area contributed by atoms with Gasteiger partial charge in [0.15, 0.2) is 0 Å². The summed E-state index contributed by atoms with van der Waals surface area (Å²) in [5, 5.41) is 5.35. The molecule has 116 valence electrons. The Morgan fingerprint density at radius 3 is 2.43 bits per heavy atom. The van der Waals surface area contributed by atoms with Crippen molar-refractivity contribution in [1.29, 1.82) is 0 Å². The molecule has 2 amide bonds. The van der Waals surface area contributed by atoms with Gasteiger partial charge in [0, 0.05) is 18.8 Å². The number of urea groups is 1. The zero-order chi connectivity index (χ0) is 15.9. The fourth-order valence-electron chi connectivity index (χ4n) is 1.44. The molecule has 6 nitrogen and oxygen atoms in total. The van der Waals surface area contributed by atoms with Gasteiger partial charge < -0.3 is 10.6 Å². The first-order valence-electron chi connectivity index (χ1n) is 6.60. The Morgan fingerprint density at radius 2 is 1.90 bits per heavy atom. The molecule has 0 bridgehead atoms. The topological polar surface area (TPSA) is 87.3 Å².